The number of hydrogen-bond acceptors (Lipinski definition) is 5. The van der Waals surface area contributed by atoms with Gasteiger partial charge in [0, 0.05) is 44.3 Å². The number of benzene rings is 1. The van der Waals surface area contributed by atoms with E-state index in [-0.39, 0.29) is 0 Å². The predicted molar refractivity (Wildman–Crippen MR) is 102 cm³/mol. The summed E-state index contributed by atoms with van der Waals surface area (Å²) in [6.07, 6.45) is 2.84. The molecule has 2 atom stereocenters. The van der Waals surface area contributed by atoms with Crippen LogP contribution in [0.2, 0.25) is 5.02 Å². The maximum Gasteiger partial charge on any atom is 0.128 e. The number of halogens is 1. The van der Waals surface area contributed by atoms with Crippen molar-refractivity contribution in [1.29, 1.82) is 5.26 Å². The van der Waals surface area contributed by atoms with E-state index in [4.69, 9.17) is 21.6 Å². The van der Waals surface area contributed by atoms with E-state index in [9.17, 15) is 0 Å². The summed E-state index contributed by atoms with van der Waals surface area (Å²) in [6.45, 7) is 4.80. The molecule has 0 unspecified atom stereocenters. The van der Waals surface area contributed by atoms with E-state index < -0.39 is 0 Å². The zero-order chi connectivity index (χ0) is 17.9. The van der Waals surface area contributed by atoms with Crippen molar-refractivity contribution in [3.05, 3.63) is 53.2 Å². The van der Waals surface area contributed by atoms with Crippen LogP contribution < -0.4 is 9.64 Å². The molecule has 5 nitrogen and oxygen atoms in total. The molecule has 134 valence electrons. The minimum Gasteiger partial charge on any atom is -0.493 e. The Labute approximate surface area is 158 Å². The molecule has 2 aliphatic heterocycles. The monoisotopic (exact) mass is 368 g/mol. The van der Waals surface area contributed by atoms with Gasteiger partial charge in [0.05, 0.1) is 23.3 Å². The maximum absolute atomic E-state index is 8.99. The summed E-state index contributed by atoms with van der Waals surface area (Å²) < 4.78 is 5.94. The van der Waals surface area contributed by atoms with Crippen LogP contribution in [-0.4, -0.2) is 48.7 Å². The minimum atomic E-state index is 0.517. The summed E-state index contributed by atoms with van der Waals surface area (Å²) in [6, 6.07) is 14.0. The van der Waals surface area contributed by atoms with Crippen molar-refractivity contribution in [2.24, 2.45) is 5.92 Å². The number of anilines is 1. The summed E-state index contributed by atoms with van der Waals surface area (Å²) in [5.74, 6) is 2.30. The first-order valence-corrected chi connectivity index (χ1v) is 9.32. The van der Waals surface area contributed by atoms with Crippen molar-refractivity contribution in [3.63, 3.8) is 0 Å². The number of ether oxygens (including phenoxy) is 1. The number of nitriles is 1. The number of piperazine rings is 1. The summed E-state index contributed by atoms with van der Waals surface area (Å²) in [5.41, 5.74) is 0.637. The third kappa shape index (κ3) is 3.77. The van der Waals surface area contributed by atoms with Gasteiger partial charge in [0.1, 0.15) is 11.6 Å². The van der Waals surface area contributed by atoms with Crippen molar-refractivity contribution < 1.29 is 4.74 Å². The van der Waals surface area contributed by atoms with Gasteiger partial charge in [-0.15, -0.1) is 0 Å². The van der Waals surface area contributed by atoms with Crippen molar-refractivity contribution in [2.75, 3.05) is 37.7 Å². The van der Waals surface area contributed by atoms with Crippen molar-refractivity contribution in [2.45, 2.75) is 12.5 Å². The molecule has 0 aliphatic carbocycles. The Morgan fingerprint density at radius 2 is 2.15 bits per heavy atom. The van der Waals surface area contributed by atoms with Gasteiger partial charge in [-0.2, -0.15) is 5.26 Å². The molecule has 1 aromatic carbocycles. The first-order valence-electron chi connectivity index (χ1n) is 8.95. The van der Waals surface area contributed by atoms with Gasteiger partial charge < -0.3 is 9.64 Å². The highest BCUT2D eigenvalue weighted by Gasteiger charge is 2.36. The van der Waals surface area contributed by atoms with Gasteiger partial charge in [0.2, 0.25) is 0 Å². The van der Waals surface area contributed by atoms with E-state index in [1.54, 1.807) is 18.3 Å². The van der Waals surface area contributed by atoms with Crippen LogP contribution in [-0.2, 0) is 0 Å². The highest BCUT2D eigenvalue weighted by molar-refractivity contribution is 6.30. The lowest BCUT2D eigenvalue weighted by Crippen LogP contribution is -2.50. The fourth-order valence-corrected chi connectivity index (χ4v) is 4.01. The first kappa shape index (κ1) is 17.1. The van der Waals surface area contributed by atoms with Gasteiger partial charge >= 0.3 is 0 Å². The number of nitrogens with zero attached hydrogens (tertiary/aromatic N) is 4. The Bertz CT molecular complexity index is 804. The Balaban J connectivity index is 1.33. The quantitative estimate of drug-likeness (QED) is 0.829. The van der Waals surface area contributed by atoms with E-state index >= 15 is 0 Å². The van der Waals surface area contributed by atoms with Crippen LogP contribution in [0.15, 0.2) is 42.6 Å². The normalized spacial score (nSPS) is 22.7. The van der Waals surface area contributed by atoms with E-state index in [2.05, 4.69) is 20.9 Å². The fraction of sp³-hybridized carbons (Fsp3) is 0.400. The van der Waals surface area contributed by atoms with Crippen LogP contribution in [0.4, 0.5) is 5.82 Å². The second-order valence-electron chi connectivity index (χ2n) is 6.98. The van der Waals surface area contributed by atoms with Crippen LogP contribution in [0.1, 0.15) is 12.0 Å². The molecule has 0 saturated carbocycles. The molecular formula is C20H21ClN4O. The average molecular weight is 369 g/mol. The molecule has 0 N–H and O–H groups in total. The molecule has 0 spiro atoms. The summed E-state index contributed by atoms with van der Waals surface area (Å²) >= 11 is 5.94. The average Bonchev–Trinajstić information content (AvgIpc) is 3.09. The number of aromatic nitrogens is 1. The second kappa shape index (κ2) is 7.53. The maximum atomic E-state index is 8.99. The Morgan fingerprint density at radius 3 is 2.96 bits per heavy atom. The van der Waals surface area contributed by atoms with E-state index in [0.717, 1.165) is 44.2 Å². The third-order valence-electron chi connectivity index (χ3n) is 5.19. The van der Waals surface area contributed by atoms with E-state index in [0.29, 0.717) is 29.2 Å². The molecule has 26 heavy (non-hydrogen) atoms. The molecule has 2 aliphatic rings. The molecule has 3 heterocycles. The van der Waals surface area contributed by atoms with Gasteiger partial charge in [-0.25, -0.2) is 4.98 Å². The van der Waals surface area contributed by atoms with Gasteiger partial charge in [-0.05, 0) is 36.8 Å². The SMILES string of the molecule is N#Cc1cccc(OC[C@H]2C[C@H]3CN(c4ccc(Cl)cn4)CCN3C2)c1. The number of pyridine rings is 1. The van der Waals surface area contributed by atoms with Crippen LogP contribution in [0.25, 0.3) is 0 Å². The standard InChI is InChI=1S/C20H21ClN4O/c21-17-4-5-20(23-11-17)25-7-6-24-12-16(8-18(24)13-25)14-26-19-3-1-2-15(9-19)10-22/h1-5,9,11,16,18H,6-8,12-14H2/t16-,18-/m0/s1. The lowest BCUT2D eigenvalue weighted by molar-refractivity contribution is 0.216. The zero-order valence-electron chi connectivity index (χ0n) is 14.5. The molecule has 0 bridgehead atoms. The summed E-state index contributed by atoms with van der Waals surface area (Å²) in [5, 5.41) is 9.66. The number of rotatable bonds is 4. The van der Waals surface area contributed by atoms with Crippen molar-refractivity contribution >= 4 is 17.4 Å². The topological polar surface area (TPSA) is 52.4 Å². The first-order chi connectivity index (χ1) is 12.7. The predicted octanol–water partition coefficient (Wildman–Crippen LogP) is 3.20. The van der Waals surface area contributed by atoms with Crippen LogP contribution in [0, 0.1) is 17.2 Å². The van der Waals surface area contributed by atoms with Gasteiger partial charge in [-0.3, -0.25) is 4.90 Å². The van der Waals surface area contributed by atoms with Crippen molar-refractivity contribution in [3.8, 4) is 11.8 Å². The smallest absolute Gasteiger partial charge is 0.128 e. The fourth-order valence-electron chi connectivity index (χ4n) is 3.90. The van der Waals surface area contributed by atoms with Crippen LogP contribution in [0.3, 0.4) is 0 Å². The number of fused-ring (bicyclic) bond motifs is 1. The van der Waals surface area contributed by atoms with Crippen LogP contribution in [0.5, 0.6) is 5.75 Å². The Kier molecular flexibility index (Phi) is 4.96. The van der Waals surface area contributed by atoms with Crippen molar-refractivity contribution in [1.82, 2.24) is 9.88 Å². The molecule has 6 heteroatoms. The lowest BCUT2D eigenvalue weighted by Gasteiger charge is -2.38. The molecule has 2 aromatic rings. The minimum absolute atomic E-state index is 0.517. The van der Waals surface area contributed by atoms with Gasteiger partial charge in [0.15, 0.2) is 0 Å². The lowest BCUT2D eigenvalue weighted by atomic mass is 10.1. The Hall–Kier alpha value is -2.29. The third-order valence-corrected chi connectivity index (χ3v) is 5.41. The molecule has 4 rings (SSSR count). The van der Waals surface area contributed by atoms with E-state index in [1.807, 2.05) is 24.3 Å². The zero-order valence-corrected chi connectivity index (χ0v) is 15.3. The van der Waals surface area contributed by atoms with Gasteiger partial charge in [0.25, 0.3) is 0 Å². The van der Waals surface area contributed by atoms with Crippen LogP contribution >= 0.6 is 11.6 Å². The largest absolute Gasteiger partial charge is 0.493 e. The van der Waals surface area contributed by atoms with E-state index in [1.165, 1.54) is 0 Å². The summed E-state index contributed by atoms with van der Waals surface area (Å²) in [4.78, 5) is 9.36. The molecule has 0 radical (unpaired) electrons. The second-order valence-corrected chi connectivity index (χ2v) is 7.42. The molecule has 2 saturated heterocycles. The highest BCUT2D eigenvalue weighted by Crippen LogP contribution is 2.29. The molecule has 0 amide bonds. The number of hydrogen-bond donors (Lipinski definition) is 0. The molecular weight excluding hydrogens is 348 g/mol. The molecule has 1 aromatic heterocycles. The summed E-state index contributed by atoms with van der Waals surface area (Å²) in [7, 11) is 0. The highest BCUT2D eigenvalue weighted by atomic mass is 35.5. The van der Waals surface area contributed by atoms with Gasteiger partial charge in [-0.1, -0.05) is 17.7 Å². The molecule has 2 fully saturated rings. The Morgan fingerprint density at radius 1 is 1.23 bits per heavy atom.